The zero-order valence-corrected chi connectivity index (χ0v) is 19.1. The van der Waals surface area contributed by atoms with Gasteiger partial charge in [0.2, 0.25) is 0 Å². The van der Waals surface area contributed by atoms with Gasteiger partial charge in [-0.25, -0.2) is 4.39 Å². The van der Waals surface area contributed by atoms with Gasteiger partial charge in [-0.05, 0) is 87.7 Å². The molecule has 1 unspecified atom stereocenters. The quantitative estimate of drug-likeness (QED) is 0.567. The molecule has 1 saturated heterocycles. The van der Waals surface area contributed by atoms with Gasteiger partial charge in [-0.1, -0.05) is 30.7 Å². The summed E-state index contributed by atoms with van der Waals surface area (Å²) in [5.74, 6) is 0.167. The van der Waals surface area contributed by atoms with E-state index in [0.717, 1.165) is 12.8 Å². The van der Waals surface area contributed by atoms with Gasteiger partial charge in [-0.3, -0.25) is 4.79 Å². The number of carbonyl (C=O) groups excluding carboxylic acids is 1. The first kappa shape index (κ1) is 22.8. The third-order valence-corrected chi connectivity index (χ3v) is 6.64. The standard InChI is InChI=1S/C27H35FN2O2/c1-20(30-15-3-2-4-16-30)17-22-7-5-21(6-8-22)13-14-29-27(31)25-12-11-24(18-26(25)28)32-19-23-9-10-23/h5-8,11-12,18,20,23H,2-4,9-10,13-17,19H2,1H3,(H,29,31). The molecule has 2 fully saturated rings. The molecule has 0 radical (unpaired) electrons. The molecule has 4 rings (SSSR count). The van der Waals surface area contributed by atoms with Crippen LogP contribution in [-0.2, 0) is 12.8 Å². The molecule has 5 heteroatoms. The Labute approximate surface area is 191 Å². The van der Waals surface area contributed by atoms with Crippen molar-refractivity contribution < 1.29 is 13.9 Å². The second-order valence-corrected chi connectivity index (χ2v) is 9.37. The lowest BCUT2D eigenvalue weighted by Crippen LogP contribution is -2.38. The first-order valence-corrected chi connectivity index (χ1v) is 12.1. The van der Waals surface area contributed by atoms with Crippen LogP contribution in [0.25, 0.3) is 0 Å². The highest BCUT2D eigenvalue weighted by Gasteiger charge is 2.22. The van der Waals surface area contributed by atoms with Crippen LogP contribution in [-0.4, -0.2) is 43.1 Å². The maximum absolute atomic E-state index is 14.3. The van der Waals surface area contributed by atoms with E-state index in [1.807, 2.05) is 0 Å². The summed E-state index contributed by atoms with van der Waals surface area (Å²) in [6.07, 6.45) is 8.15. The highest BCUT2D eigenvalue weighted by atomic mass is 19.1. The van der Waals surface area contributed by atoms with E-state index in [1.165, 1.54) is 68.5 Å². The second kappa shape index (κ2) is 11.0. The highest BCUT2D eigenvalue weighted by molar-refractivity contribution is 5.94. The number of hydrogen-bond donors (Lipinski definition) is 1. The smallest absolute Gasteiger partial charge is 0.254 e. The van der Waals surface area contributed by atoms with Crippen LogP contribution in [0.2, 0.25) is 0 Å². The minimum Gasteiger partial charge on any atom is -0.493 e. The lowest BCUT2D eigenvalue weighted by molar-refractivity contribution is 0.0950. The molecule has 1 amide bonds. The van der Waals surface area contributed by atoms with E-state index < -0.39 is 5.82 Å². The summed E-state index contributed by atoms with van der Waals surface area (Å²) in [6.45, 7) is 5.86. The van der Waals surface area contributed by atoms with Gasteiger partial charge >= 0.3 is 0 Å². The van der Waals surface area contributed by atoms with Gasteiger partial charge in [0.15, 0.2) is 0 Å². The molecule has 1 atom stereocenters. The monoisotopic (exact) mass is 438 g/mol. The number of carbonyl (C=O) groups is 1. The topological polar surface area (TPSA) is 41.6 Å². The van der Waals surface area contributed by atoms with Crippen molar-refractivity contribution in [1.29, 1.82) is 0 Å². The number of likely N-dealkylation sites (tertiary alicyclic amines) is 1. The Kier molecular flexibility index (Phi) is 7.80. The third-order valence-electron chi connectivity index (χ3n) is 6.64. The minimum absolute atomic E-state index is 0.0609. The van der Waals surface area contributed by atoms with Gasteiger partial charge < -0.3 is 15.0 Å². The SMILES string of the molecule is CC(Cc1ccc(CCNC(=O)c2ccc(OCC3CC3)cc2F)cc1)N1CCCCC1. The normalized spacial score (nSPS) is 17.7. The molecule has 1 N–H and O–H groups in total. The van der Waals surface area contributed by atoms with Crippen molar-refractivity contribution in [1.82, 2.24) is 10.2 Å². The predicted molar refractivity (Wildman–Crippen MR) is 126 cm³/mol. The van der Waals surface area contributed by atoms with Crippen LogP contribution < -0.4 is 10.1 Å². The first-order chi connectivity index (χ1) is 15.6. The molecule has 1 aliphatic heterocycles. The maximum atomic E-state index is 14.3. The molecule has 172 valence electrons. The number of ether oxygens (including phenoxy) is 1. The van der Waals surface area contributed by atoms with E-state index in [-0.39, 0.29) is 11.5 Å². The van der Waals surface area contributed by atoms with Gasteiger partial charge in [-0.2, -0.15) is 0 Å². The van der Waals surface area contributed by atoms with Gasteiger partial charge in [0.1, 0.15) is 11.6 Å². The summed E-state index contributed by atoms with van der Waals surface area (Å²) >= 11 is 0. The van der Waals surface area contributed by atoms with Crippen molar-refractivity contribution in [3.8, 4) is 5.75 Å². The lowest BCUT2D eigenvalue weighted by atomic mass is 10.0. The number of benzene rings is 2. The highest BCUT2D eigenvalue weighted by Crippen LogP contribution is 2.29. The molecule has 1 saturated carbocycles. The van der Waals surface area contributed by atoms with Crippen LogP contribution in [0.4, 0.5) is 4.39 Å². The van der Waals surface area contributed by atoms with Gasteiger partial charge in [0.05, 0.1) is 12.2 Å². The molecule has 2 aromatic carbocycles. The van der Waals surface area contributed by atoms with E-state index in [9.17, 15) is 9.18 Å². The average Bonchev–Trinajstić information content (AvgIpc) is 3.64. The van der Waals surface area contributed by atoms with Crippen molar-refractivity contribution in [2.24, 2.45) is 5.92 Å². The van der Waals surface area contributed by atoms with E-state index >= 15 is 0 Å². The van der Waals surface area contributed by atoms with Gasteiger partial charge in [0, 0.05) is 18.7 Å². The second-order valence-electron chi connectivity index (χ2n) is 9.37. The van der Waals surface area contributed by atoms with E-state index in [0.29, 0.717) is 30.9 Å². The number of hydrogen-bond acceptors (Lipinski definition) is 3. The Morgan fingerprint density at radius 3 is 2.50 bits per heavy atom. The molecule has 2 aliphatic rings. The summed E-state index contributed by atoms with van der Waals surface area (Å²) in [4.78, 5) is 15.0. The average molecular weight is 439 g/mol. The largest absolute Gasteiger partial charge is 0.493 e. The Bertz CT molecular complexity index is 889. The Morgan fingerprint density at radius 2 is 1.81 bits per heavy atom. The van der Waals surface area contributed by atoms with Crippen LogP contribution in [0.5, 0.6) is 5.75 Å². The van der Waals surface area contributed by atoms with Crippen molar-refractivity contribution in [3.63, 3.8) is 0 Å². The van der Waals surface area contributed by atoms with Crippen molar-refractivity contribution in [3.05, 3.63) is 65.0 Å². The fraction of sp³-hybridized carbons (Fsp3) is 0.519. The number of nitrogens with zero attached hydrogens (tertiary/aromatic N) is 1. The summed E-state index contributed by atoms with van der Waals surface area (Å²) in [5.41, 5.74) is 2.58. The van der Waals surface area contributed by atoms with Gasteiger partial charge in [-0.15, -0.1) is 0 Å². The summed E-state index contributed by atoms with van der Waals surface area (Å²) in [5, 5.41) is 2.83. The number of amides is 1. The Balaban J connectivity index is 1.21. The maximum Gasteiger partial charge on any atom is 0.254 e. The summed E-state index contributed by atoms with van der Waals surface area (Å²) in [7, 11) is 0. The van der Waals surface area contributed by atoms with Crippen molar-refractivity contribution in [2.75, 3.05) is 26.2 Å². The van der Waals surface area contributed by atoms with Crippen LogP contribution in [0.1, 0.15) is 60.5 Å². The fourth-order valence-corrected chi connectivity index (χ4v) is 4.36. The molecule has 1 heterocycles. The molecule has 2 aromatic rings. The third kappa shape index (κ3) is 6.55. The predicted octanol–water partition coefficient (Wildman–Crippen LogP) is 5.00. The van der Waals surface area contributed by atoms with Crippen LogP contribution in [0.15, 0.2) is 42.5 Å². The molecular formula is C27H35FN2O2. The van der Waals surface area contributed by atoms with E-state index in [2.05, 4.69) is 41.4 Å². The molecule has 0 aromatic heterocycles. The minimum atomic E-state index is -0.539. The number of piperidine rings is 1. The number of rotatable bonds is 10. The van der Waals surface area contributed by atoms with Gasteiger partial charge in [0.25, 0.3) is 5.91 Å². The molecule has 32 heavy (non-hydrogen) atoms. The zero-order valence-electron chi connectivity index (χ0n) is 19.1. The van der Waals surface area contributed by atoms with Crippen LogP contribution in [0.3, 0.4) is 0 Å². The van der Waals surface area contributed by atoms with Crippen molar-refractivity contribution >= 4 is 5.91 Å². The van der Waals surface area contributed by atoms with E-state index in [1.54, 1.807) is 6.07 Å². The summed E-state index contributed by atoms with van der Waals surface area (Å²) < 4.78 is 19.9. The van der Waals surface area contributed by atoms with E-state index in [4.69, 9.17) is 4.74 Å². The molecule has 1 aliphatic carbocycles. The zero-order chi connectivity index (χ0) is 22.3. The Morgan fingerprint density at radius 1 is 1.09 bits per heavy atom. The van der Waals surface area contributed by atoms with Crippen LogP contribution in [0, 0.1) is 11.7 Å². The number of nitrogens with one attached hydrogen (secondary N) is 1. The van der Waals surface area contributed by atoms with Crippen molar-refractivity contribution in [2.45, 2.75) is 57.9 Å². The molecular weight excluding hydrogens is 403 g/mol. The number of halogens is 1. The molecule has 0 spiro atoms. The first-order valence-electron chi connectivity index (χ1n) is 12.1. The fourth-order valence-electron chi connectivity index (χ4n) is 4.36. The summed E-state index contributed by atoms with van der Waals surface area (Å²) in [6, 6.07) is 13.7. The molecule has 4 nitrogen and oxygen atoms in total. The Hall–Kier alpha value is -2.40. The van der Waals surface area contributed by atoms with Crippen LogP contribution >= 0.6 is 0 Å². The molecule has 0 bridgehead atoms. The lowest BCUT2D eigenvalue weighted by Gasteiger charge is -2.32.